The molecular formula is C37H38Br4Cu2N4O-2. The van der Waals surface area contributed by atoms with Gasteiger partial charge in [0.05, 0.1) is 12.4 Å². The van der Waals surface area contributed by atoms with E-state index in [-0.39, 0.29) is 108 Å². The summed E-state index contributed by atoms with van der Waals surface area (Å²) in [7, 11) is 0. The molecule has 3 aromatic carbocycles. The van der Waals surface area contributed by atoms with Crippen LogP contribution in [0.1, 0.15) is 41.7 Å². The summed E-state index contributed by atoms with van der Waals surface area (Å²) in [5, 5.41) is 10.9. The summed E-state index contributed by atoms with van der Waals surface area (Å²) in [6.45, 7) is 14.7. The summed E-state index contributed by atoms with van der Waals surface area (Å²) in [6.07, 6.45) is 7.73. The number of aromatic hydroxyl groups is 1. The first kappa shape index (κ1) is 48.2. The van der Waals surface area contributed by atoms with Crippen LogP contribution in [0.15, 0.2) is 85.2 Å². The molecule has 0 spiro atoms. The van der Waals surface area contributed by atoms with E-state index in [2.05, 4.69) is 90.4 Å². The fourth-order valence-corrected chi connectivity index (χ4v) is 6.03. The number of hydrogen-bond donors (Lipinski definition) is 1. The van der Waals surface area contributed by atoms with E-state index in [4.69, 9.17) is 0 Å². The average Bonchev–Trinajstić information content (AvgIpc) is 2.98. The van der Waals surface area contributed by atoms with Gasteiger partial charge in [-0.3, -0.25) is 0 Å². The maximum atomic E-state index is 10.9. The normalized spacial score (nSPS) is 10.6. The molecule has 264 valence electrons. The number of rotatable bonds is 6. The fraction of sp³-hybridized carbons (Fsp3) is 0.189. The third-order valence-corrected chi connectivity index (χ3v) is 7.79. The average molecular weight is 1000 g/mol. The zero-order valence-corrected chi connectivity index (χ0v) is 35.8. The van der Waals surface area contributed by atoms with Gasteiger partial charge in [0.15, 0.2) is 0 Å². The second kappa shape index (κ2) is 21.3. The van der Waals surface area contributed by atoms with Crippen LogP contribution >= 0.6 is 0 Å². The molecule has 0 aliphatic heterocycles. The number of benzene rings is 3. The smallest absolute Gasteiger partial charge is 0.327 e. The van der Waals surface area contributed by atoms with E-state index in [1.165, 1.54) is 0 Å². The summed E-state index contributed by atoms with van der Waals surface area (Å²) in [5.74, 6) is 2.01. The van der Waals surface area contributed by atoms with Gasteiger partial charge in [0.1, 0.15) is 29.5 Å². The van der Waals surface area contributed by atoms with Crippen molar-refractivity contribution in [1.82, 2.24) is 19.1 Å². The van der Waals surface area contributed by atoms with Gasteiger partial charge in [0.2, 0.25) is 0 Å². The summed E-state index contributed by atoms with van der Waals surface area (Å²) in [4.78, 5) is 9.13. The van der Waals surface area contributed by atoms with Crippen LogP contribution in [0.4, 0.5) is 23.0 Å². The van der Waals surface area contributed by atoms with Crippen LogP contribution in [0, 0.1) is 34.6 Å². The van der Waals surface area contributed by atoms with Gasteiger partial charge in [-0.05, 0) is 157 Å². The van der Waals surface area contributed by atoms with Gasteiger partial charge in [0, 0.05) is 46.3 Å². The van der Waals surface area contributed by atoms with E-state index in [0.717, 1.165) is 73.1 Å². The molecule has 11 heteroatoms. The van der Waals surface area contributed by atoms with Crippen LogP contribution in [0.25, 0.3) is 22.3 Å². The predicted octanol–water partition coefficient (Wildman–Crippen LogP) is -3.08. The molecule has 5 rings (SSSR count). The van der Waals surface area contributed by atoms with Crippen LogP contribution < -0.4 is 77.1 Å². The Labute approximate surface area is 348 Å². The van der Waals surface area contributed by atoms with Crippen molar-refractivity contribution >= 4 is 35.4 Å². The first-order valence-corrected chi connectivity index (χ1v) is 14.3. The molecule has 5 nitrogen and oxygen atoms in total. The Bertz CT molecular complexity index is 1690. The largest absolute Gasteiger partial charge is 1.00 e. The number of hydrogen-bond acceptors (Lipinski definition) is 3. The van der Waals surface area contributed by atoms with Crippen LogP contribution in [-0.4, -0.2) is 27.5 Å². The molecule has 1 N–H and O–H groups in total. The molecule has 0 aliphatic rings. The minimum atomic E-state index is 0. The third-order valence-electron chi connectivity index (χ3n) is 7.79. The molecule has 0 aliphatic carbocycles. The van der Waals surface area contributed by atoms with Gasteiger partial charge in [0.25, 0.3) is 0 Å². The molecule has 5 aromatic rings. The first-order valence-electron chi connectivity index (χ1n) is 14.3. The van der Waals surface area contributed by atoms with Crippen molar-refractivity contribution in [2.24, 2.45) is 0 Å². The monoisotopic (exact) mass is 996 g/mol. The predicted molar refractivity (Wildman–Crippen MR) is 178 cm³/mol. The molecule has 0 atom stereocenters. The maximum Gasteiger partial charge on any atom is 0.327 e. The molecule has 2 aromatic heterocycles. The summed E-state index contributed by atoms with van der Waals surface area (Å²) < 4.78 is 4.26. The molecular weight excluding hydrogens is 963 g/mol. The zero-order valence-electron chi connectivity index (χ0n) is 27.6. The number of pyridine rings is 2. The van der Waals surface area contributed by atoms with Gasteiger partial charge in [-0.25, -0.2) is 9.15 Å². The number of aryl methyl sites for hydroxylation is 4. The van der Waals surface area contributed by atoms with Crippen LogP contribution in [0.3, 0.4) is 0 Å². The first-order chi connectivity index (χ1) is 20.2. The van der Waals surface area contributed by atoms with Crippen LogP contribution in [-0.2, 0) is 34.1 Å². The molecule has 2 heterocycles. The number of halogens is 4. The SMILES string of the molecule is CC=[N+](c1ccccn1)c1c(C)cc(-c2cc(O)cc(-c3cc(C)c([N+](=CC)c4ccccn4)c(C)c3)c2C)cc1C.[Br-].[Br-].[Br-].[Br-].[Cu].[Cu]. The topological polar surface area (TPSA) is 52.0 Å². The molecule has 0 amide bonds. The number of phenolic OH excluding ortho intramolecular Hbond substituents is 1. The molecule has 0 saturated carbocycles. The van der Waals surface area contributed by atoms with E-state index in [1.807, 2.05) is 74.8 Å². The Morgan fingerprint density at radius 1 is 0.542 bits per heavy atom. The second-order valence-corrected chi connectivity index (χ2v) is 10.7. The molecule has 0 fully saturated rings. The van der Waals surface area contributed by atoms with Crippen molar-refractivity contribution in [2.45, 2.75) is 48.5 Å². The summed E-state index contributed by atoms with van der Waals surface area (Å²) in [6, 6.07) is 24.5. The van der Waals surface area contributed by atoms with Gasteiger partial charge in [-0.1, -0.05) is 12.1 Å². The number of aromatic nitrogens is 2. The van der Waals surface area contributed by atoms with E-state index in [9.17, 15) is 5.11 Å². The minimum Gasteiger partial charge on any atom is -1.00 e. The van der Waals surface area contributed by atoms with Crippen molar-refractivity contribution < 1.29 is 107 Å². The number of phenols is 1. The van der Waals surface area contributed by atoms with Crippen molar-refractivity contribution in [2.75, 3.05) is 0 Å². The Morgan fingerprint density at radius 3 is 1.15 bits per heavy atom. The van der Waals surface area contributed by atoms with Gasteiger partial charge in [-0.2, -0.15) is 0 Å². The quantitative estimate of drug-likeness (QED) is 0.112. The van der Waals surface area contributed by atoms with Crippen LogP contribution in [0.5, 0.6) is 5.75 Å². The van der Waals surface area contributed by atoms with Crippen molar-refractivity contribution in [3.05, 3.63) is 113 Å². The Balaban J connectivity index is 0. The molecule has 2 radical (unpaired) electrons. The summed E-state index contributed by atoms with van der Waals surface area (Å²) in [5.41, 5.74) is 12.1. The molecule has 0 unspecified atom stereocenters. The van der Waals surface area contributed by atoms with Crippen molar-refractivity contribution in [3.63, 3.8) is 0 Å². The maximum absolute atomic E-state index is 10.9. The van der Waals surface area contributed by atoms with Gasteiger partial charge >= 0.3 is 11.6 Å². The van der Waals surface area contributed by atoms with Gasteiger partial charge in [-0.15, -0.1) is 0 Å². The van der Waals surface area contributed by atoms with E-state index in [0.29, 0.717) is 0 Å². The minimum absolute atomic E-state index is 0. The van der Waals surface area contributed by atoms with Crippen molar-refractivity contribution in [3.8, 4) is 28.0 Å². The standard InChI is InChI=1S/C37H37N4O.4BrH.2Cu/c1-8-40(34-14-10-12-16-38-34)36-24(3)18-29(19-25(36)4)32-22-31(42)23-33(28(32)7)30-20-26(5)37(27(6)21-30)41(9-2)35-15-11-13-17-39-35;;;;;;/h8-23H,1-7H3;4*1H;;/q+1;;;;;;/p-3. The van der Waals surface area contributed by atoms with E-state index < -0.39 is 0 Å². The Kier molecular flexibility index (Phi) is 21.4. The fourth-order valence-electron chi connectivity index (χ4n) is 6.03. The Morgan fingerprint density at radius 2 is 0.875 bits per heavy atom. The molecule has 0 saturated heterocycles. The zero-order chi connectivity index (χ0) is 30.0. The van der Waals surface area contributed by atoms with Crippen molar-refractivity contribution in [1.29, 1.82) is 0 Å². The van der Waals surface area contributed by atoms with E-state index >= 15 is 0 Å². The van der Waals surface area contributed by atoms with Crippen LogP contribution in [0.2, 0.25) is 0 Å². The number of nitrogens with zero attached hydrogens (tertiary/aromatic N) is 4. The second-order valence-electron chi connectivity index (χ2n) is 10.7. The summed E-state index contributed by atoms with van der Waals surface area (Å²) >= 11 is 0. The van der Waals surface area contributed by atoms with E-state index in [1.54, 1.807) is 0 Å². The molecule has 48 heavy (non-hydrogen) atoms. The molecule has 0 bridgehead atoms. The third kappa shape index (κ3) is 10.1. The van der Waals surface area contributed by atoms with Gasteiger partial charge < -0.3 is 73.0 Å². The Hall–Kier alpha value is -1.94.